The molecule has 0 heterocycles. The van der Waals surface area contributed by atoms with Crippen molar-refractivity contribution in [2.45, 2.75) is 6.42 Å². The summed E-state index contributed by atoms with van der Waals surface area (Å²) < 4.78 is 30.5. The van der Waals surface area contributed by atoms with E-state index < -0.39 is 10.1 Å². The summed E-state index contributed by atoms with van der Waals surface area (Å²) in [5, 5.41) is 0. The van der Waals surface area contributed by atoms with Gasteiger partial charge in [0.2, 0.25) is 0 Å². The minimum absolute atomic E-state index is 0. The number of hydrogen-bond donors (Lipinski definition) is 0. The summed E-state index contributed by atoms with van der Waals surface area (Å²) in [4.78, 5) is 0. The molecule has 0 atom stereocenters. The maximum atomic E-state index is 10.1. The summed E-state index contributed by atoms with van der Waals surface area (Å²) in [7, 11) is -4.06. The van der Waals surface area contributed by atoms with Gasteiger partial charge in [0.25, 0.3) is 0 Å². The van der Waals surface area contributed by atoms with Gasteiger partial charge in [-0.2, -0.15) is 0 Å². The summed E-state index contributed by atoms with van der Waals surface area (Å²) in [6, 6.07) is 0. The molecule has 0 unspecified atom stereocenters. The van der Waals surface area contributed by atoms with E-state index in [9.17, 15) is 13.0 Å². The minimum atomic E-state index is -4.06. The van der Waals surface area contributed by atoms with E-state index in [0.29, 0.717) is 15.7 Å². The van der Waals surface area contributed by atoms with Crippen molar-refractivity contribution < 1.29 is 72.1 Å². The number of thioether (sulfide) groups is 1. The third kappa shape index (κ3) is 20.6. The molecule has 0 aliphatic carbocycles. The summed E-state index contributed by atoms with van der Waals surface area (Å²) in [5.74, 6) is 0.168. The molecule has 0 aromatic heterocycles. The second kappa shape index (κ2) is 11.1. The van der Waals surface area contributed by atoms with E-state index in [1.54, 1.807) is 0 Å². The van der Waals surface area contributed by atoms with Crippen LogP contribution in [0.1, 0.15) is 6.42 Å². The van der Waals surface area contributed by atoms with Crippen LogP contribution in [0.5, 0.6) is 0 Å². The maximum Gasteiger partial charge on any atom is 1.00 e. The van der Waals surface area contributed by atoms with Gasteiger partial charge >= 0.3 is 59.1 Å². The Kier molecular flexibility index (Phi) is 17.8. The molecule has 3 nitrogen and oxygen atoms in total. The molecule has 0 spiro atoms. The van der Waals surface area contributed by atoms with E-state index in [1.165, 1.54) is 11.8 Å². The van der Waals surface area contributed by atoms with Gasteiger partial charge in [0.1, 0.15) is 0 Å². The fourth-order valence-corrected chi connectivity index (χ4v) is 2.03. The second-order valence-corrected chi connectivity index (χ2v) is 5.93. The van der Waals surface area contributed by atoms with E-state index in [-0.39, 0.29) is 64.9 Å². The van der Waals surface area contributed by atoms with Gasteiger partial charge in [-0.05, 0) is 12.2 Å². The Morgan fingerprint density at radius 2 is 1.92 bits per heavy atom. The van der Waals surface area contributed by atoms with Crippen LogP contribution in [0.25, 0.3) is 0 Å². The third-order valence-electron chi connectivity index (χ3n) is 0.759. The van der Waals surface area contributed by atoms with Crippen LogP contribution < -0.4 is 59.1 Å². The van der Waals surface area contributed by atoms with Crippen LogP contribution in [0.15, 0.2) is 0 Å². The zero-order chi connectivity index (χ0) is 8.91. The first-order chi connectivity index (χ1) is 4.92. The first-order valence-electron chi connectivity index (χ1n) is 2.69. The Bertz CT molecular complexity index is 228. The first kappa shape index (κ1) is 20.9. The van der Waals surface area contributed by atoms with Crippen molar-refractivity contribution in [1.29, 1.82) is 0 Å². The van der Waals surface area contributed by atoms with Crippen molar-refractivity contribution >= 4 is 50.3 Å². The standard InChI is InChI=1S/C4H8O3S4.2Na/c5-11(6,7)3-1-2-10-4(8)9;;/h1-3H2,(H,8,9)(H,5,6,7);;/q;2*+1/p-2. The zero-order valence-corrected chi connectivity index (χ0v) is 14.7. The van der Waals surface area contributed by atoms with Crippen LogP contribution in [-0.2, 0) is 22.7 Å². The fraction of sp³-hybridized carbons (Fsp3) is 0.750. The topological polar surface area (TPSA) is 57.2 Å². The van der Waals surface area contributed by atoms with E-state index in [2.05, 4.69) is 24.8 Å². The van der Waals surface area contributed by atoms with Crippen LogP contribution in [0.3, 0.4) is 0 Å². The van der Waals surface area contributed by atoms with Gasteiger partial charge < -0.3 is 29.4 Å². The van der Waals surface area contributed by atoms with Gasteiger partial charge in [-0.3, -0.25) is 0 Å². The molecular weight excluding hydrogens is 270 g/mol. The molecule has 0 amide bonds. The van der Waals surface area contributed by atoms with Gasteiger partial charge in [0.15, 0.2) is 0 Å². The third-order valence-corrected chi connectivity index (χ3v) is 2.98. The van der Waals surface area contributed by atoms with E-state index in [0.717, 1.165) is 0 Å². The van der Waals surface area contributed by atoms with Gasteiger partial charge in [-0.15, -0.1) is 11.8 Å². The second-order valence-electron chi connectivity index (χ2n) is 1.71. The van der Waals surface area contributed by atoms with Crippen molar-refractivity contribution in [2.75, 3.05) is 11.5 Å². The normalized spacial score (nSPS) is 9.62. The largest absolute Gasteiger partial charge is 1.00 e. The monoisotopic (exact) mass is 276 g/mol. The van der Waals surface area contributed by atoms with Crippen molar-refractivity contribution in [3.8, 4) is 0 Å². The molecule has 0 bridgehead atoms. The predicted molar refractivity (Wildman–Crippen MR) is 51.6 cm³/mol. The molecule has 0 aromatic rings. The average Bonchev–Trinajstić information content (AvgIpc) is 1.78. The maximum absolute atomic E-state index is 10.1. The summed E-state index contributed by atoms with van der Waals surface area (Å²) in [6.45, 7) is 0. The van der Waals surface area contributed by atoms with Crippen LogP contribution in [0.2, 0.25) is 0 Å². The van der Waals surface area contributed by atoms with Crippen LogP contribution in [0.4, 0.5) is 0 Å². The average molecular weight is 276 g/mol. The molecule has 0 aliphatic heterocycles. The number of rotatable bonds is 4. The van der Waals surface area contributed by atoms with Crippen LogP contribution in [-0.4, -0.2) is 28.0 Å². The molecule has 13 heavy (non-hydrogen) atoms. The molecule has 0 saturated heterocycles. The molecule has 0 aromatic carbocycles. The number of thiocarbonyl (C=S) groups is 1. The predicted octanol–water partition coefficient (Wildman–Crippen LogP) is -5.51. The quantitative estimate of drug-likeness (QED) is 0.168. The summed E-state index contributed by atoms with van der Waals surface area (Å²) in [5.41, 5.74) is 0. The Morgan fingerprint density at radius 3 is 2.23 bits per heavy atom. The summed E-state index contributed by atoms with van der Waals surface area (Å²) in [6.07, 6.45) is 0.313. The van der Waals surface area contributed by atoms with Crippen molar-refractivity contribution in [3.63, 3.8) is 0 Å². The van der Waals surface area contributed by atoms with Crippen LogP contribution in [0, 0.1) is 0 Å². The van der Waals surface area contributed by atoms with Crippen molar-refractivity contribution in [1.82, 2.24) is 0 Å². The molecule has 0 fully saturated rings. The van der Waals surface area contributed by atoms with Gasteiger partial charge in [0.05, 0.1) is 10.1 Å². The zero-order valence-electron chi connectivity index (χ0n) is 7.48. The molecule has 0 saturated carbocycles. The Morgan fingerprint density at radius 1 is 1.46 bits per heavy atom. The minimum Gasteiger partial charge on any atom is -0.748 e. The Balaban J connectivity index is -0.000000500. The molecule has 66 valence electrons. The molecule has 0 rings (SSSR count). The first-order valence-corrected chi connectivity index (χ1v) is 6.07. The van der Waals surface area contributed by atoms with E-state index >= 15 is 0 Å². The van der Waals surface area contributed by atoms with Gasteiger partial charge in [-0.1, -0.05) is 3.53 Å². The van der Waals surface area contributed by atoms with Crippen molar-refractivity contribution in [2.24, 2.45) is 0 Å². The van der Waals surface area contributed by atoms with Crippen LogP contribution >= 0.6 is 24.0 Å². The van der Waals surface area contributed by atoms with E-state index in [4.69, 9.17) is 0 Å². The van der Waals surface area contributed by atoms with Gasteiger partial charge in [0, 0.05) is 5.75 Å². The van der Waals surface area contributed by atoms with Crippen molar-refractivity contribution in [3.05, 3.63) is 0 Å². The smallest absolute Gasteiger partial charge is 0.748 e. The molecule has 0 aliphatic rings. The SMILES string of the molecule is O=S(=O)([O-])CCCSC(=S)[S-].[Na+].[Na+]. The molecule has 9 heteroatoms. The summed E-state index contributed by atoms with van der Waals surface area (Å²) >= 11 is 10.3. The van der Waals surface area contributed by atoms with Gasteiger partial charge in [-0.25, -0.2) is 8.42 Å². The molecular formula is C4H6Na2O3S4. The van der Waals surface area contributed by atoms with E-state index in [1.807, 2.05) is 0 Å². The molecule has 0 N–H and O–H groups in total. The Hall–Kier alpha value is 2.57. The number of hydrogen-bond acceptors (Lipinski definition) is 6. The fourth-order valence-electron chi connectivity index (χ4n) is 0.391. The molecule has 0 radical (unpaired) electrons. The Labute approximate surface area is 138 Å².